The molecule has 2 aromatic carbocycles. The van der Waals surface area contributed by atoms with Gasteiger partial charge in [-0.2, -0.15) is 0 Å². The molecular weight excluding hydrogens is 436 g/mol. The highest BCUT2D eigenvalue weighted by atomic mass is 16.6. The fourth-order valence-electron chi connectivity index (χ4n) is 3.35. The number of ether oxygens (including phenoxy) is 3. The van der Waals surface area contributed by atoms with E-state index in [9.17, 15) is 4.79 Å². The first kappa shape index (κ1) is 28.5. The van der Waals surface area contributed by atoms with E-state index in [4.69, 9.17) is 14.2 Å². The second kappa shape index (κ2) is 10.9. The maximum Gasteiger partial charge on any atom is 0.333 e. The second-order valence-electron chi connectivity index (χ2n) is 12.5. The van der Waals surface area contributed by atoms with E-state index < -0.39 is 12.1 Å². The first-order valence-corrected chi connectivity index (χ1v) is 12.4. The Labute approximate surface area is 212 Å². The normalized spacial score (nSPS) is 13.2. The van der Waals surface area contributed by atoms with Gasteiger partial charge in [-0.25, -0.2) is 4.79 Å². The van der Waals surface area contributed by atoms with Crippen molar-refractivity contribution in [1.82, 2.24) is 0 Å². The fourth-order valence-corrected chi connectivity index (χ4v) is 3.35. The summed E-state index contributed by atoms with van der Waals surface area (Å²) in [5, 5.41) is 0. The first-order chi connectivity index (χ1) is 16.0. The van der Waals surface area contributed by atoms with Crippen LogP contribution in [0.3, 0.4) is 0 Å². The maximum absolute atomic E-state index is 12.3. The van der Waals surface area contributed by atoms with Crippen LogP contribution in [0.2, 0.25) is 0 Å². The molecule has 4 heteroatoms. The van der Waals surface area contributed by atoms with Crippen molar-refractivity contribution in [2.75, 3.05) is 13.2 Å². The SMILES string of the molecule is C=C(C)C(=O)OC(COc1ccc(C(C)(C)C)cc1)COc1cc(C(C)(C)C)cc(C(C)(C)C)c1. The topological polar surface area (TPSA) is 44.8 Å². The molecule has 0 saturated heterocycles. The van der Waals surface area contributed by atoms with Crippen LogP contribution in [0.1, 0.15) is 85.9 Å². The Morgan fingerprint density at radius 2 is 1.14 bits per heavy atom. The molecule has 4 nitrogen and oxygen atoms in total. The first-order valence-electron chi connectivity index (χ1n) is 12.4. The van der Waals surface area contributed by atoms with Gasteiger partial charge in [-0.1, -0.05) is 87.1 Å². The van der Waals surface area contributed by atoms with Crippen LogP contribution in [-0.4, -0.2) is 25.3 Å². The van der Waals surface area contributed by atoms with E-state index in [0.29, 0.717) is 5.57 Å². The zero-order chi connectivity index (χ0) is 26.6. The van der Waals surface area contributed by atoms with Gasteiger partial charge in [0.05, 0.1) is 0 Å². The predicted molar refractivity (Wildman–Crippen MR) is 145 cm³/mol. The summed E-state index contributed by atoms with van der Waals surface area (Å²) in [6, 6.07) is 14.4. The minimum atomic E-state index is -0.585. The van der Waals surface area contributed by atoms with E-state index in [1.54, 1.807) is 6.92 Å². The quantitative estimate of drug-likeness (QED) is 0.289. The Bertz CT molecular complexity index is 980. The average molecular weight is 481 g/mol. The molecule has 0 N–H and O–H groups in total. The van der Waals surface area contributed by atoms with Crippen molar-refractivity contribution in [2.24, 2.45) is 0 Å². The molecule has 2 rings (SSSR count). The third kappa shape index (κ3) is 8.76. The van der Waals surface area contributed by atoms with E-state index in [1.165, 1.54) is 16.7 Å². The number of carbonyl (C=O) groups excluding carboxylic acids is 1. The lowest BCUT2D eigenvalue weighted by Gasteiger charge is -2.26. The highest BCUT2D eigenvalue weighted by Gasteiger charge is 2.23. The van der Waals surface area contributed by atoms with Crippen molar-refractivity contribution < 1.29 is 19.0 Å². The average Bonchev–Trinajstić information content (AvgIpc) is 2.73. The second-order valence-corrected chi connectivity index (χ2v) is 12.5. The van der Waals surface area contributed by atoms with Gasteiger partial charge in [0.2, 0.25) is 0 Å². The van der Waals surface area contributed by atoms with Gasteiger partial charge in [-0.05, 0) is 64.1 Å². The predicted octanol–water partition coefficient (Wildman–Crippen LogP) is 7.52. The number of hydrogen-bond acceptors (Lipinski definition) is 4. The molecule has 35 heavy (non-hydrogen) atoms. The molecule has 192 valence electrons. The van der Waals surface area contributed by atoms with E-state index in [1.807, 2.05) is 12.1 Å². The number of carbonyl (C=O) groups is 1. The monoisotopic (exact) mass is 480 g/mol. The standard InChI is InChI=1S/C31H44O4/c1-21(2)28(32)35-27(19-33-25-14-12-22(13-15-25)29(3,4)5)20-34-26-17-23(30(6,7)8)16-24(18-26)31(9,10)11/h12-18,27H,1,19-20H2,2-11H3. The minimum absolute atomic E-state index is 0.0203. The van der Waals surface area contributed by atoms with Gasteiger partial charge in [0.15, 0.2) is 6.10 Å². The van der Waals surface area contributed by atoms with Crippen LogP contribution >= 0.6 is 0 Å². The number of rotatable bonds is 8. The van der Waals surface area contributed by atoms with Gasteiger partial charge in [-0.15, -0.1) is 0 Å². The van der Waals surface area contributed by atoms with Crippen LogP contribution in [0.25, 0.3) is 0 Å². The Kier molecular flexibility index (Phi) is 8.86. The van der Waals surface area contributed by atoms with Crippen LogP contribution < -0.4 is 9.47 Å². The van der Waals surface area contributed by atoms with Gasteiger partial charge in [0, 0.05) is 5.57 Å². The molecule has 0 fully saturated rings. The molecule has 0 bridgehead atoms. The van der Waals surface area contributed by atoms with Crippen molar-refractivity contribution >= 4 is 5.97 Å². The third-order valence-corrected chi connectivity index (χ3v) is 5.85. The van der Waals surface area contributed by atoms with Gasteiger partial charge < -0.3 is 14.2 Å². The van der Waals surface area contributed by atoms with Crippen molar-refractivity contribution in [1.29, 1.82) is 0 Å². The van der Waals surface area contributed by atoms with Gasteiger partial charge in [-0.3, -0.25) is 0 Å². The van der Waals surface area contributed by atoms with Crippen molar-refractivity contribution in [3.05, 3.63) is 71.3 Å². The number of benzene rings is 2. The molecule has 1 atom stereocenters. The highest BCUT2D eigenvalue weighted by molar-refractivity contribution is 5.87. The Balaban J connectivity index is 2.20. The molecule has 1 unspecified atom stereocenters. The zero-order valence-corrected chi connectivity index (χ0v) is 23.4. The summed E-state index contributed by atoms with van der Waals surface area (Å²) in [6.07, 6.45) is -0.585. The van der Waals surface area contributed by atoms with Gasteiger partial charge in [0.1, 0.15) is 24.7 Å². The Morgan fingerprint density at radius 3 is 1.54 bits per heavy atom. The summed E-state index contributed by atoms with van der Waals surface area (Å²) in [5.41, 5.74) is 4.00. The van der Waals surface area contributed by atoms with E-state index in [-0.39, 0.29) is 29.5 Å². The molecule has 0 radical (unpaired) electrons. The number of esters is 1. The van der Waals surface area contributed by atoms with Crippen molar-refractivity contribution in [3.63, 3.8) is 0 Å². The van der Waals surface area contributed by atoms with Crippen molar-refractivity contribution in [3.8, 4) is 11.5 Å². The molecule has 0 aromatic heterocycles. The van der Waals surface area contributed by atoms with Crippen LogP contribution in [0, 0.1) is 0 Å². The molecule has 0 aliphatic carbocycles. The maximum atomic E-state index is 12.3. The summed E-state index contributed by atoms with van der Waals surface area (Å²) in [7, 11) is 0. The van der Waals surface area contributed by atoms with Crippen molar-refractivity contribution in [2.45, 2.75) is 91.6 Å². The molecular formula is C31H44O4. The van der Waals surface area contributed by atoms with Crippen LogP contribution in [-0.2, 0) is 25.8 Å². The molecule has 0 aliphatic heterocycles. The van der Waals surface area contributed by atoms with Gasteiger partial charge in [0.25, 0.3) is 0 Å². The highest BCUT2D eigenvalue weighted by Crippen LogP contribution is 2.33. The fraction of sp³-hybridized carbons (Fsp3) is 0.516. The lowest BCUT2D eigenvalue weighted by molar-refractivity contribution is -0.147. The number of hydrogen-bond donors (Lipinski definition) is 0. The third-order valence-electron chi connectivity index (χ3n) is 5.85. The summed E-state index contributed by atoms with van der Waals surface area (Å²) >= 11 is 0. The smallest absolute Gasteiger partial charge is 0.333 e. The van der Waals surface area contributed by atoms with E-state index >= 15 is 0 Å². The molecule has 0 spiro atoms. The van der Waals surface area contributed by atoms with Crippen LogP contribution in [0.15, 0.2) is 54.6 Å². The Hall–Kier alpha value is -2.75. The minimum Gasteiger partial charge on any atom is -0.490 e. The molecule has 0 saturated carbocycles. The van der Waals surface area contributed by atoms with E-state index in [2.05, 4.69) is 99.2 Å². The molecule has 2 aromatic rings. The lowest BCUT2D eigenvalue weighted by Crippen LogP contribution is -2.31. The summed E-state index contributed by atoms with van der Waals surface area (Å²) in [6.45, 7) is 25.3. The zero-order valence-electron chi connectivity index (χ0n) is 23.4. The summed E-state index contributed by atoms with van der Waals surface area (Å²) < 4.78 is 17.8. The molecule has 0 heterocycles. The lowest BCUT2D eigenvalue weighted by atomic mass is 9.80. The summed E-state index contributed by atoms with van der Waals surface area (Å²) in [5.74, 6) is 1.02. The van der Waals surface area contributed by atoms with Crippen LogP contribution in [0.4, 0.5) is 0 Å². The molecule has 0 aliphatic rings. The van der Waals surface area contributed by atoms with E-state index in [0.717, 1.165) is 11.5 Å². The van der Waals surface area contributed by atoms with Gasteiger partial charge >= 0.3 is 5.97 Å². The Morgan fingerprint density at radius 1 is 0.714 bits per heavy atom. The molecule has 0 amide bonds. The van der Waals surface area contributed by atoms with Crippen LogP contribution in [0.5, 0.6) is 11.5 Å². The summed E-state index contributed by atoms with van der Waals surface area (Å²) in [4.78, 5) is 12.3. The largest absolute Gasteiger partial charge is 0.490 e.